The molecule has 1 amide bonds. The molecule has 0 saturated carbocycles. The number of nitrogens with one attached hydrogen (secondary N) is 1. The van der Waals surface area contributed by atoms with Crippen LogP contribution in [-0.2, 0) is 38.7 Å². The zero-order chi connectivity index (χ0) is 25.8. The maximum Gasteiger partial charge on any atom is 0.338 e. The van der Waals surface area contributed by atoms with Crippen molar-refractivity contribution in [3.63, 3.8) is 0 Å². The van der Waals surface area contributed by atoms with E-state index in [9.17, 15) is 18.0 Å². The first kappa shape index (κ1) is 26.3. The number of esters is 1. The lowest BCUT2D eigenvalue weighted by molar-refractivity contribution is 0.0152. The highest BCUT2D eigenvalue weighted by Gasteiger charge is 2.39. The molecule has 1 fully saturated rings. The molecule has 1 saturated heterocycles. The number of fused-ring (bicyclic) bond motifs is 1. The first-order valence-corrected chi connectivity index (χ1v) is 14.4. The lowest BCUT2D eigenvalue weighted by Crippen LogP contribution is -2.40. The summed E-state index contributed by atoms with van der Waals surface area (Å²) in [5, 5.41) is 7.89. The number of carbonyl (C=O) groups excluding carboxylic acids is 2. The third-order valence-electron chi connectivity index (χ3n) is 7.24. The molecular formula is C26H35N3O6S. The van der Waals surface area contributed by atoms with Crippen molar-refractivity contribution in [1.82, 2.24) is 15.1 Å². The van der Waals surface area contributed by atoms with E-state index in [2.05, 4.69) is 5.32 Å². The van der Waals surface area contributed by atoms with Crippen LogP contribution >= 0.6 is 0 Å². The fraction of sp³-hybridized carbons (Fsp3) is 0.577. The van der Waals surface area contributed by atoms with Crippen LogP contribution in [0.5, 0.6) is 0 Å². The van der Waals surface area contributed by atoms with Crippen LogP contribution in [0, 0.1) is 5.41 Å². The van der Waals surface area contributed by atoms with Gasteiger partial charge >= 0.3 is 5.97 Å². The third kappa shape index (κ3) is 5.64. The number of unbranched alkanes of at least 4 members (excludes halogenated alkanes) is 1. The highest BCUT2D eigenvalue weighted by molar-refractivity contribution is 7.91. The Bertz CT molecular complexity index is 1200. The molecule has 2 aliphatic heterocycles. The molecule has 0 atom stereocenters. The number of amides is 1. The van der Waals surface area contributed by atoms with Crippen molar-refractivity contribution in [3.8, 4) is 0 Å². The molecule has 1 spiro atoms. The minimum absolute atomic E-state index is 0.00347. The summed E-state index contributed by atoms with van der Waals surface area (Å²) >= 11 is 0. The van der Waals surface area contributed by atoms with Gasteiger partial charge in [-0.3, -0.25) is 9.48 Å². The minimum Gasteiger partial charge on any atom is -0.462 e. The minimum atomic E-state index is -3.30. The molecule has 9 nitrogen and oxygen atoms in total. The van der Waals surface area contributed by atoms with Crippen molar-refractivity contribution in [2.24, 2.45) is 5.41 Å². The van der Waals surface area contributed by atoms with Crippen LogP contribution in [0.1, 0.15) is 71.6 Å². The highest BCUT2D eigenvalue weighted by Crippen LogP contribution is 2.37. The Kier molecular flexibility index (Phi) is 8.14. The van der Waals surface area contributed by atoms with Gasteiger partial charge < -0.3 is 14.8 Å². The Morgan fingerprint density at radius 2 is 1.89 bits per heavy atom. The smallest absolute Gasteiger partial charge is 0.338 e. The lowest BCUT2D eigenvalue weighted by Gasteiger charge is -2.36. The first-order chi connectivity index (χ1) is 17.3. The molecule has 1 aromatic heterocycles. The second kappa shape index (κ2) is 11.1. The van der Waals surface area contributed by atoms with Crippen LogP contribution in [0.2, 0.25) is 0 Å². The van der Waals surface area contributed by atoms with E-state index in [1.807, 2.05) is 11.6 Å². The van der Waals surface area contributed by atoms with Crippen molar-refractivity contribution in [3.05, 3.63) is 46.8 Å². The van der Waals surface area contributed by atoms with Gasteiger partial charge in [-0.25, -0.2) is 13.2 Å². The number of aromatic nitrogens is 2. The molecular weight excluding hydrogens is 482 g/mol. The lowest BCUT2D eigenvalue weighted by atomic mass is 9.76. The number of sulfone groups is 1. The summed E-state index contributed by atoms with van der Waals surface area (Å²) in [5.41, 5.74) is 2.88. The Morgan fingerprint density at radius 1 is 1.17 bits per heavy atom. The number of hydrogen-bond donors (Lipinski definition) is 1. The molecule has 0 bridgehead atoms. The Morgan fingerprint density at radius 3 is 2.56 bits per heavy atom. The monoisotopic (exact) mass is 517 g/mol. The van der Waals surface area contributed by atoms with Gasteiger partial charge in [0.15, 0.2) is 9.84 Å². The molecule has 36 heavy (non-hydrogen) atoms. The summed E-state index contributed by atoms with van der Waals surface area (Å²) in [7, 11) is -3.30. The van der Waals surface area contributed by atoms with E-state index in [0.29, 0.717) is 44.7 Å². The van der Waals surface area contributed by atoms with Gasteiger partial charge in [0, 0.05) is 26.3 Å². The zero-order valence-corrected chi connectivity index (χ0v) is 21.9. The molecule has 2 aromatic rings. The number of hydrogen-bond acceptors (Lipinski definition) is 7. The normalized spacial score (nSPS) is 17.3. The summed E-state index contributed by atoms with van der Waals surface area (Å²) in [6.45, 7) is 6.57. The predicted octanol–water partition coefficient (Wildman–Crippen LogP) is 2.96. The predicted molar refractivity (Wildman–Crippen MR) is 134 cm³/mol. The first-order valence-electron chi connectivity index (χ1n) is 12.7. The fourth-order valence-electron chi connectivity index (χ4n) is 4.93. The standard InChI is InChI=1S/C26H35N3O6S/c1-3-21-23-22(17-26(18-27-24(23)30)11-15-34-16-12-26)29(28-21)13-5-6-14-35-25(31)19-7-9-20(10-8-19)36(32,33)4-2/h7-10H,3-6,11-18H2,1-2H3,(H,27,30). The third-order valence-corrected chi connectivity index (χ3v) is 8.99. The maximum atomic E-state index is 12.9. The number of aryl methyl sites for hydroxylation is 2. The summed E-state index contributed by atoms with van der Waals surface area (Å²) in [4.78, 5) is 25.5. The van der Waals surface area contributed by atoms with Crippen LogP contribution < -0.4 is 5.32 Å². The van der Waals surface area contributed by atoms with Crippen LogP contribution in [0.25, 0.3) is 0 Å². The summed E-state index contributed by atoms with van der Waals surface area (Å²) in [6, 6.07) is 5.83. The second-order valence-corrected chi connectivity index (χ2v) is 11.9. The number of benzene rings is 1. The molecule has 196 valence electrons. The van der Waals surface area contributed by atoms with E-state index in [0.717, 1.165) is 42.6 Å². The van der Waals surface area contributed by atoms with Crippen LogP contribution in [0.4, 0.5) is 0 Å². The molecule has 0 unspecified atom stereocenters. The summed E-state index contributed by atoms with van der Waals surface area (Å²) in [6.07, 6.45) is 4.72. The molecule has 0 radical (unpaired) electrons. The molecule has 10 heteroatoms. The second-order valence-electron chi connectivity index (χ2n) is 9.59. The van der Waals surface area contributed by atoms with E-state index in [1.54, 1.807) is 6.92 Å². The van der Waals surface area contributed by atoms with Gasteiger partial charge in [0.2, 0.25) is 0 Å². The van der Waals surface area contributed by atoms with E-state index in [4.69, 9.17) is 14.6 Å². The van der Waals surface area contributed by atoms with Gasteiger partial charge in [-0.1, -0.05) is 13.8 Å². The fourth-order valence-corrected chi connectivity index (χ4v) is 5.82. The zero-order valence-electron chi connectivity index (χ0n) is 21.0. The molecule has 1 aromatic carbocycles. The summed E-state index contributed by atoms with van der Waals surface area (Å²) in [5.74, 6) is -0.506. The molecule has 2 aliphatic rings. The Hall–Kier alpha value is -2.72. The van der Waals surface area contributed by atoms with Crippen molar-refractivity contribution >= 4 is 21.7 Å². The SMILES string of the molecule is CCc1nn(CCCCOC(=O)c2ccc(S(=O)(=O)CC)cc2)c2c1C(=O)NCC1(CCOCC1)C2. The quantitative estimate of drug-likeness (QED) is 0.401. The van der Waals surface area contributed by atoms with Gasteiger partial charge in [-0.15, -0.1) is 0 Å². The van der Waals surface area contributed by atoms with Gasteiger partial charge in [0.1, 0.15) is 0 Å². The number of ether oxygens (including phenoxy) is 2. The molecule has 4 rings (SSSR count). The van der Waals surface area contributed by atoms with Crippen molar-refractivity contribution in [2.45, 2.75) is 63.8 Å². The van der Waals surface area contributed by atoms with Crippen LogP contribution in [0.3, 0.4) is 0 Å². The molecule has 3 heterocycles. The summed E-state index contributed by atoms with van der Waals surface area (Å²) < 4.78 is 36.8. The highest BCUT2D eigenvalue weighted by atomic mass is 32.2. The van der Waals surface area contributed by atoms with Gasteiger partial charge in [-0.2, -0.15) is 5.10 Å². The van der Waals surface area contributed by atoms with E-state index >= 15 is 0 Å². The average molecular weight is 518 g/mol. The maximum absolute atomic E-state index is 12.9. The van der Waals surface area contributed by atoms with Crippen LogP contribution in [0.15, 0.2) is 29.2 Å². The molecule has 0 aliphatic carbocycles. The van der Waals surface area contributed by atoms with Crippen molar-refractivity contribution in [1.29, 1.82) is 0 Å². The molecule has 1 N–H and O–H groups in total. The van der Waals surface area contributed by atoms with Crippen molar-refractivity contribution < 1.29 is 27.5 Å². The number of carbonyl (C=O) groups is 2. The van der Waals surface area contributed by atoms with Crippen molar-refractivity contribution in [2.75, 3.05) is 32.1 Å². The largest absolute Gasteiger partial charge is 0.462 e. The van der Waals surface area contributed by atoms with E-state index in [-0.39, 0.29) is 28.6 Å². The Balaban J connectivity index is 1.35. The van der Waals surface area contributed by atoms with E-state index < -0.39 is 15.8 Å². The Labute approximate surface area is 212 Å². The number of nitrogens with zero attached hydrogens (tertiary/aromatic N) is 2. The van der Waals surface area contributed by atoms with Gasteiger partial charge in [0.05, 0.1) is 39.8 Å². The van der Waals surface area contributed by atoms with Crippen LogP contribution in [-0.4, -0.2) is 62.2 Å². The topological polar surface area (TPSA) is 117 Å². The number of rotatable bonds is 9. The van der Waals surface area contributed by atoms with Gasteiger partial charge in [-0.05, 0) is 68.2 Å². The van der Waals surface area contributed by atoms with Gasteiger partial charge in [0.25, 0.3) is 5.91 Å². The average Bonchev–Trinajstić information content (AvgIpc) is 3.17. The van der Waals surface area contributed by atoms with E-state index in [1.165, 1.54) is 24.3 Å².